The van der Waals surface area contributed by atoms with Crippen LogP contribution in [0.4, 0.5) is 0 Å². The monoisotopic (exact) mass is 345 g/mol. The van der Waals surface area contributed by atoms with Gasteiger partial charge in [0.1, 0.15) is 0 Å². The van der Waals surface area contributed by atoms with Crippen LogP contribution in [0.5, 0.6) is 0 Å². The predicted octanol–water partition coefficient (Wildman–Crippen LogP) is 3.08. The van der Waals surface area contributed by atoms with Crippen LogP contribution in [0, 0.1) is 29.6 Å². The predicted molar refractivity (Wildman–Crippen MR) is 102 cm³/mol. The lowest BCUT2D eigenvalue weighted by atomic mass is 9.99. The van der Waals surface area contributed by atoms with Gasteiger partial charge in [0.25, 0.3) is 0 Å². The maximum absolute atomic E-state index is 12.0. The Balaban J connectivity index is 4.37. The van der Waals surface area contributed by atoms with Gasteiger partial charge in [-0.05, 0) is 38.6 Å². The Morgan fingerprint density at radius 2 is 1.52 bits per heavy atom. The molecular weight excluding hydrogens is 314 g/mol. The Bertz CT molecular complexity index is 574. The summed E-state index contributed by atoms with van der Waals surface area (Å²) in [6, 6.07) is 0. The van der Waals surface area contributed by atoms with Crippen LogP contribution in [0.3, 0.4) is 0 Å². The fraction of sp³-hybridized carbons (Fsp3) is 0.571. The van der Waals surface area contributed by atoms with Crippen LogP contribution in [-0.2, 0) is 14.4 Å². The average molecular weight is 345 g/mol. The molecule has 2 unspecified atom stereocenters. The number of allylic oxidation sites excluding steroid dienone is 3. The number of Topliss-reactive ketones (excluding diaryl/α,β-unsaturated/α-hetero) is 1. The van der Waals surface area contributed by atoms with Gasteiger partial charge < -0.3 is 4.90 Å². The van der Waals surface area contributed by atoms with Crippen molar-refractivity contribution in [2.75, 3.05) is 20.6 Å². The lowest BCUT2D eigenvalue weighted by Gasteiger charge is -2.05. The maximum Gasteiger partial charge on any atom is 0.208 e. The first kappa shape index (κ1) is 23.0. The van der Waals surface area contributed by atoms with E-state index in [9.17, 15) is 14.4 Å². The van der Waals surface area contributed by atoms with Gasteiger partial charge in [0.15, 0.2) is 11.6 Å². The standard InChI is InChI=1S/C21H31NO3/c1-16(2)19(23)12-7-10-17(3)20(24)13-8-11-18(4)21(25)14-9-15-22(5)6/h7,9,12,14,16-18H,10-11,15H2,1-6H3/b12-7-,14-9+. The minimum atomic E-state index is -0.255. The first-order valence-electron chi connectivity index (χ1n) is 8.73. The van der Waals surface area contributed by atoms with Gasteiger partial charge in [-0.2, -0.15) is 0 Å². The van der Waals surface area contributed by atoms with Crippen LogP contribution in [0.25, 0.3) is 0 Å². The summed E-state index contributed by atoms with van der Waals surface area (Å²) in [5, 5.41) is 0. The van der Waals surface area contributed by atoms with E-state index in [0.717, 1.165) is 0 Å². The molecule has 0 aliphatic rings. The van der Waals surface area contributed by atoms with Crippen molar-refractivity contribution in [1.29, 1.82) is 0 Å². The summed E-state index contributed by atoms with van der Waals surface area (Å²) < 4.78 is 0. The number of ketones is 3. The molecule has 0 aliphatic carbocycles. The van der Waals surface area contributed by atoms with E-state index in [2.05, 4.69) is 11.8 Å². The van der Waals surface area contributed by atoms with E-state index < -0.39 is 0 Å². The molecule has 138 valence electrons. The largest absolute Gasteiger partial charge is 0.306 e. The third kappa shape index (κ3) is 11.2. The summed E-state index contributed by atoms with van der Waals surface area (Å²) >= 11 is 0. The summed E-state index contributed by atoms with van der Waals surface area (Å²) in [5.41, 5.74) is 0. The molecule has 0 aliphatic heterocycles. The third-order valence-corrected chi connectivity index (χ3v) is 3.65. The highest BCUT2D eigenvalue weighted by Gasteiger charge is 2.11. The molecule has 0 radical (unpaired) electrons. The third-order valence-electron chi connectivity index (χ3n) is 3.65. The fourth-order valence-corrected chi connectivity index (χ4v) is 1.75. The topological polar surface area (TPSA) is 54.5 Å². The maximum atomic E-state index is 12.0. The zero-order chi connectivity index (χ0) is 19.4. The lowest BCUT2D eigenvalue weighted by molar-refractivity contribution is -0.118. The van der Waals surface area contributed by atoms with E-state index in [1.165, 1.54) is 6.08 Å². The summed E-state index contributed by atoms with van der Waals surface area (Å²) in [6.07, 6.45) is 7.52. The van der Waals surface area contributed by atoms with Crippen molar-refractivity contribution < 1.29 is 14.4 Å². The number of hydrogen-bond acceptors (Lipinski definition) is 4. The molecule has 4 heteroatoms. The average Bonchev–Trinajstić information content (AvgIpc) is 2.53. The van der Waals surface area contributed by atoms with E-state index in [1.807, 2.05) is 45.8 Å². The second-order valence-corrected chi connectivity index (χ2v) is 6.93. The van der Waals surface area contributed by atoms with Gasteiger partial charge in [0.05, 0.1) is 0 Å². The molecule has 4 nitrogen and oxygen atoms in total. The SMILES string of the molecule is CC(C)C(=O)/C=C\CC(C)C(=O)C#CCC(C)C(=O)/C=C/CN(C)C. The number of hydrogen-bond donors (Lipinski definition) is 0. The number of nitrogens with zero attached hydrogens (tertiary/aromatic N) is 1. The number of carbonyl (C=O) groups excluding carboxylic acids is 3. The highest BCUT2D eigenvalue weighted by atomic mass is 16.1. The van der Waals surface area contributed by atoms with Crippen molar-refractivity contribution in [1.82, 2.24) is 4.90 Å². The quantitative estimate of drug-likeness (QED) is 0.347. The number of likely N-dealkylation sites (N-methyl/N-ethyl adjacent to an activating group) is 1. The minimum absolute atomic E-state index is 0.0202. The highest BCUT2D eigenvalue weighted by molar-refractivity contribution is 5.97. The van der Waals surface area contributed by atoms with Gasteiger partial charge in [-0.15, -0.1) is 0 Å². The van der Waals surface area contributed by atoms with Crippen LogP contribution < -0.4 is 0 Å². The van der Waals surface area contributed by atoms with Crippen LogP contribution >= 0.6 is 0 Å². The molecule has 0 bridgehead atoms. The molecule has 0 spiro atoms. The molecule has 0 saturated carbocycles. The van der Waals surface area contributed by atoms with Crippen molar-refractivity contribution in [2.45, 2.75) is 40.5 Å². The van der Waals surface area contributed by atoms with Gasteiger partial charge in [-0.1, -0.05) is 45.8 Å². The van der Waals surface area contributed by atoms with Crippen LogP contribution in [-0.4, -0.2) is 42.9 Å². The second kappa shape index (κ2) is 12.4. The highest BCUT2D eigenvalue weighted by Crippen LogP contribution is 2.07. The van der Waals surface area contributed by atoms with Gasteiger partial charge in [0.2, 0.25) is 5.78 Å². The Labute approximate surface area is 152 Å². The summed E-state index contributed by atoms with van der Waals surface area (Å²) in [6.45, 7) is 7.99. The molecule has 2 atom stereocenters. The zero-order valence-electron chi connectivity index (χ0n) is 16.3. The lowest BCUT2D eigenvalue weighted by Crippen LogP contribution is -2.12. The van der Waals surface area contributed by atoms with E-state index in [-0.39, 0.29) is 35.1 Å². The molecule has 0 rings (SSSR count). The van der Waals surface area contributed by atoms with Gasteiger partial charge in [-0.3, -0.25) is 14.4 Å². The van der Waals surface area contributed by atoms with Crippen LogP contribution in [0.15, 0.2) is 24.3 Å². The van der Waals surface area contributed by atoms with Gasteiger partial charge >= 0.3 is 0 Å². The number of rotatable bonds is 10. The molecule has 0 aromatic heterocycles. The van der Waals surface area contributed by atoms with Crippen molar-refractivity contribution in [2.24, 2.45) is 17.8 Å². The van der Waals surface area contributed by atoms with Crippen molar-refractivity contribution in [3.05, 3.63) is 24.3 Å². The van der Waals surface area contributed by atoms with E-state index in [4.69, 9.17) is 0 Å². The van der Waals surface area contributed by atoms with Gasteiger partial charge in [-0.25, -0.2) is 0 Å². The molecule has 0 fully saturated rings. The van der Waals surface area contributed by atoms with Crippen LogP contribution in [0.2, 0.25) is 0 Å². The smallest absolute Gasteiger partial charge is 0.208 e. The van der Waals surface area contributed by atoms with Crippen LogP contribution in [0.1, 0.15) is 40.5 Å². The fourth-order valence-electron chi connectivity index (χ4n) is 1.75. The van der Waals surface area contributed by atoms with Crippen molar-refractivity contribution in [3.8, 4) is 11.8 Å². The zero-order valence-corrected chi connectivity index (χ0v) is 16.3. The van der Waals surface area contributed by atoms with E-state index >= 15 is 0 Å². The Kier molecular flexibility index (Phi) is 11.4. The van der Waals surface area contributed by atoms with Crippen molar-refractivity contribution >= 4 is 17.3 Å². The first-order valence-corrected chi connectivity index (χ1v) is 8.73. The minimum Gasteiger partial charge on any atom is -0.306 e. The summed E-state index contributed by atoms with van der Waals surface area (Å²) in [5.74, 6) is 4.82. The summed E-state index contributed by atoms with van der Waals surface area (Å²) in [4.78, 5) is 37.3. The molecule has 25 heavy (non-hydrogen) atoms. The molecule has 0 aromatic carbocycles. The molecule has 0 saturated heterocycles. The van der Waals surface area contributed by atoms with E-state index in [0.29, 0.717) is 19.4 Å². The van der Waals surface area contributed by atoms with Gasteiger partial charge in [0, 0.05) is 30.7 Å². The normalized spacial score (nSPS) is 13.9. The summed E-state index contributed by atoms with van der Waals surface area (Å²) in [7, 11) is 3.87. The molecule has 0 N–H and O–H groups in total. The number of carbonyl (C=O) groups is 3. The second-order valence-electron chi connectivity index (χ2n) is 6.93. The first-order chi connectivity index (χ1) is 11.6. The molecule has 0 amide bonds. The molecule has 0 heterocycles. The Morgan fingerprint density at radius 3 is 2.08 bits per heavy atom. The molecular formula is C21H31NO3. The van der Waals surface area contributed by atoms with E-state index in [1.54, 1.807) is 19.1 Å². The molecule has 0 aromatic rings. The van der Waals surface area contributed by atoms with Crippen molar-refractivity contribution in [3.63, 3.8) is 0 Å². The Morgan fingerprint density at radius 1 is 0.920 bits per heavy atom. The Hall–Kier alpha value is -1.99.